The molecule has 1 aromatic rings. The fraction of sp³-hybridized carbons (Fsp3) is 0.600. The van der Waals surface area contributed by atoms with Gasteiger partial charge in [-0.1, -0.05) is 30.7 Å². The summed E-state index contributed by atoms with van der Waals surface area (Å²) in [4.78, 5) is 26.2. The Morgan fingerprint density at radius 2 is 1.70 bits per heavy atom. The van der Waals surface area contributed by atoms with Crippen molar-refractivity contribution >= 4 is 23.5 Å². The number of carbonyl (C=O) groups excluding carboxylic acids is 2. The van der Waals surface area contributed by atoms with Gasteiger partial charge >= 0.3 is 6.03 Å². The molecular formula is C20H31ClN4O2. The SMILES string of the molecule is CC1CCN(CCCCNC(=O)NCCNC(=O)c2ccccc2Cl)CC1. The van der Waals surface area contributed by atoms with E-state index in [2.05, 4.69) is 27.8 Å². The summed E-state index contributed by atoms with van der Waals surface area (Å²) in [5.74, 6) is 0.621. The standard InChI is InChI=1S/C20H31ClN4O2/c1-16-8-14-25(15-9-16)13-5-4-10-23-20(27)24-12-11-22-19(26)17-6-2-3-7-18(17)21/h2-3,6-7,16H,4-5,8-15H2,1H3,(H,22,26)(H2,23,24,27). The molecule has 1 aliphatic heterocycles. The van der Waals surface area contributed by atoms with Crippen LogP contribution in [0.25, 0.3) is 0 Å². The Morgan fingerprint density at radius 1 is 1.04 bits per heavy atom. The Labute approximate surface area is 167 Å². The van der Waals surface area contributed by atoms with Crippen LogP contribution in [-0.4, -0.2) is 56.1 Å². The van der Waals surface area contributed by atoms with Crippen molar-refractivity contribution in [2.45, 2.75) is 32.6 Å². The quantitative estimate of drug-likeness (QED) is 0.564. The Morgan fingerprint density at radius 3 is 2.44 bits per heavy atom. The van der Waals surface area contributed by atoms with E-state index in [1.807, 2.05) is 0 Å². The van der Waals surface area contributed by atoms with Crippen LogP contribution in [0.3, 0.4) is 0 Å². The number of benzene rings is 1. The molecule has 0 radical (unpaired) electrons. The summed E-state index contributed by atoms with van der Waals surface area (Å²) in [7, 11) is 0. The summed E-state index contributed by atoms with van der Waals surface area (Å²) < 4.78 is 0. The third kappa shape index (κ3) is 8.18. The van der Waals surface area contributed by atoms with E-state index in [1.54, 1.807) is 24.3 Å². The number of likely N-dealkylation sites (tertiary alicyclic amines) is 1. The van der Waals surface area contributed by atoms with Crippen LogP contribution in [0.4, 0.5) is 4.79 Å². The van der Waals surface area contributed by atoms with Gasteiger partial charge in [-0.3, -0.25) is 4.79 Å². The topological polar surface area (TPSA) is 73.5 Å². The van der Waals surface area contributed by atoms with Gasteiger partial charge in [0.15, 0.2) is 0 Å². The monoisotopic (exact) mass is 394 g/mol. The highest BCUT2D eigenvalue weighted by Crippen LogP contribution is 2.16. The van der Waals surface area contributed by atoms with Gasteiger partial charge < -0.3 is 20.9 Å². The maximum absolute atomic E-state index is 12.0. The molecule has 150 valence electrons. The highest BCUT2D eigenvalue weighted by Gasteiger charge is 2.14. The second-order valence-electron chi connectivity index (χ2n) is 7.15. The molecule has 6 nitrogen and oxygen atoms in total. The number of carbonyl (C=O) groups is 2. The number of piperidine rings is 1. The average Bonchev–Trinajstić information content (AvgIpc) is 2.66. The van der Waals surface area contributed by atoms with E-state index in [9.17, 15) is 9.59 Å². The minimum Gasteiger partial charge on any atom is -0.350 e. The van der Waals surface area contributed by atoms with Crippen LogP contribution in [0.1, 0.15) is 43.0 Å². The number of amides is 3. The normalized spacial score (nSPS) is 15.3. The number of hydrogen-bond acceptors (Lipinski definition) is 3. The van der Waals surface area contributed by atoms with Gasteiger partial charge in [0.25, 0.3) is 5.91 Å². The Kier molecular flexibility index (Phi) is 9.42. The predicted molar refractivity (Wildman–Crippen MR) is 109 cm³/mol. The fourth-order valence-electron chi connectivity index (χ4n) is 3.10. The van der Waals surface area contributed by atoms with E-state index in [4.69, 9.17) is 11.6 Å². The van der Waals surface area contributed by atoms with E-state index in [-0.39, 0.29) is 11.9 Å². The molecule has 27 heavy (non-hydrogen) atoms. The van der Waals surface area contributed by atoms with Gasteiger partial charge in [-0.15, -0.1) is 0 Å². The third-order valence-corrected chi connectivity index (χ3v) is 5.21. The summed E-state index contributed by atoms with van der Waals surface area (Å²) in [5.41, 5.74) is 0.437. The molecular weight excluding hydrogens is 364 g/mol. The molecule has 1 heterocycles. The van der Waals surface area contributed by atoms with Gasteiger partial charge in [-0.05, 0) is 63.4 Å². The van der Waals surface area contributed by atoms with Crippen molar-refractivity contribution in [1.29, 1.82) is 0 Å². The molecule has 1 aromatic carbocycles. The third-order valence-electron chi connectivity index (χ3n) is 4.88. The minimum atomic E-state index is -0.241. The molecule has 0 bridgehead atoms. The van der Waals surface area contributed by atoms with E-state index in [0.29, 0.717) is 30.2 Å². The van der Waals surface area contributed by atoms with Crippen molar-refractivity contribution in [2.75, 3.05) is 39.3 Å². The largest absolute Gasteiger partial charge is 0.350 e. The molecule has 0 aromatic heterocycles. The lowest BCUT2D eigenvalue weighted by Gasteiger charge is -2.30. The van der Waals surface area contributed by atoms with Crippen LogP contribution in [-0.2, 0) is 0 Å². The lowest BCUT2D eigenvalue weighted by atomic mass is 9.99. The van der Waals surface area contributed by atoms with Crippen LogP contribution >= 0.6 is 11.6 Å². The molecule has 0 spiro atoms. The van der Waals surface area contributed by atoms with Crippen LogP contribution < -0.4 is 16.0 Å². The number of unbranched alkanes of at least 4 members (excludes halogenated alkanes) is 1. The molecule has 3 N–H and O–H groups in total. The van der Waals surface area contributed by atoms with Crippen LogP contribution in [0.15, 0.2) is 24.3 Å². The zero-order chi connectivity index (χ0) is 19.5. The fourth-order valence-corrected chi connectivity index (χ4v) is 3.32. The lowest BCUT2D eigenvalue weighted by molar-refractivity contribution is 0.0954. The molecule has 2 rings (SSSR count). The number of rotatable bonds is 9. The van der Waals surface area contributed by atoms with Crippen LogP contribution in [0.5, 0.6) is 0 Å². The van der Waals surface area contributed by atoms with Gasteiger partial charge in [0.2, 0.25) is 0 Å². The van der Waals surface area contributed by atoms with Gasteiger partial charge in [0, 0.05) is 19.6 Å². The second kappa shape index (κ2) is 11.8. The van der Waals surface area contributed by atoms with Crippen molar-refractivity contribution < 1.29 is 9.59 Å². The number of halogens is 1. The second-order valence-corrected chi connectivity index (χ2v) is 7.56. The first-order valence-corrected chi connectivity index (χ1v) is 10.2. The molecule has 1 saturated heterocycles. The summed E-state index contributed by atoms with van der Waals surface area (Å²) in [6.45, 7) is 7.23. The van der Waals surface area contributed by atoms with Crippen LogP contribution in [0, 0.1) is 5.92 Å². The van der Waals surface area contributed by atoms with Gasteiger partial charge in [0.05, 0.1) is 10.6 Å². The number of nitrogens with one attached hydrogen (secondary N) is 3. The first-order valence-electron chi connectivity index (χ1n) is 9.83. The molecule has 0 atom stereocenters. The highest BCUT2D eigenvalue weighted by atomic mass is 35.5. The smallest absolute Gasteiger partial charge is 0.314 e. The van der Waals surface area contributed by atoms with Crippen molar-refractivity contribution in [3.63, 3.8) is 0 Å². The van der Waals surface area contributed by atoms with Crippen molar-refractivity contribution in [1.82, 2.24) is 20.9 Å². The molecule has 7 heteroatoms. The lowest BCUT2D eigenvalue weighted by Crippen LogP contribution is -2.40. The summed E-state index contributed by atoms with van der Waals surface area (Å²) in [5, 5.41) is 8.75. The van der Waals surface area contributed by atoms with Crippen molar-refractivity contribution in [3.8, 4) is 0 Å². The molecule has 3 amide bonds. The van der Waals surface area contributed by atoms with Gasteiger partial charge in [0.1, 0.15) is 0 Å². The Balaban J connectivity index is 1.47. The molecule has 0 aliphatic carbocycles. The van der Waals surface area contributed by atoms with Gasteiger partial charge in [-0.2, -0.15) is 0 Å². The maximum Gasteiger partial charge on any atom is 0.314 e. The molecule has 0 saturated carbocycles. The number of nitrogens with zero attached hydrogens (tertiary/aromatic N) is 1. The summed E-state index contributed by atoms with van der Waals surface area (Å²) in [6, 6.07) is 6.68. The van der Waals surface area contributed by atoms with E-state index >= 15 is 0 Å². The Bertz CT molecular complexity index is 603. The van der Waals surface area contributed by atoms with E-state index in [1.165, 1.54) is 25.9 Å². The summed E-state index contributed by atoms with van der Waals surface area (Å²) in [6.07, 6.45) is 4.67. The Hall–Kier alpha value is -1.79. The van der Waals surface area contributed by atoms with Crippen molar-refractivity contribution in [3.05, 3.63) is 34.9 Å². The molecule has 0 unspecified atom stereocenters. The molecule has 1 aliphatic rings. The first-order chi connectivity index (χ1) is 13.1. The first kappa shape index (κ1) is 21.5. The zero-order valence-electron chi connectivity index (χ0n) is 16.1. The maximum atomic E-state index is 12.0. The average molecular weight is 395 g/mol. The van der Waals surface area contributed by atoms with E-state index < -0.39 is 0 Å². The van der Waals surface area contributed by atoms with E-state index in [0.717, 1.165) is 25.3 Å². The number of hydrogen-bond donors (Lipinski definition) is 3. The van der Waals surface area contributed by atoms with Crippen molar-refractivity contribution in [2.24, 2.45) is 5.92 Å². The summed E-state index contributed by atoms with van der Waals surface area (Å²) >= 11 is 5.98. The zero-order valence-corrected chi connectivity index (χ0v) is 16.9. The van der Waals surface area contributed by atoms with Crippen LogP contribution in [0.2, 0.25) is 5.02 Å². The molecule has 1 fully saturated rings. The highest BCUT2D eigenvalue weighted by molar-refractivity contribution is 6.33. The number of urea groups is 1. The predicted octanol–water partition coefficient (Wildman–Crippen LogP) is 2.88. The minimum absolute atomic E-state index is 0.200. The van der Waals surface area contributed by atoms with Gasteiger partial charge in [-0.25, -0.2) is 4.79 Å².